The molecule has 0 radical (unpaired) electrons. The van der Waals surface area contributed by atoms with E-state index in [2.05, 4.69) is 11.9 Å². The van der Waals surface area contributed by atoms with Gasteiger partial charge in [-0.25, -0.2) is 23.7 Å². The highest BCUT2D eigenvalue weighted by atomic mass is 19.1. The molecule has 0 saturated carbocycles. The molecule has 174 valence electrons. The summed E-state index contributed by atoms with van der Waals surface area (Å²) in [4.78, 5) is 35.4. The summed E-state index contributed by atoms with van der Waals surface area (Å²) in [5.41, 5.74) is 8.78. The van der Waals surface area contributed by atoms with Gasteiger partial charge in [0.25, 0.3) is 5.91 Å². The number of nitrogens with two attached hydrogens (primary N) is 1. The van der Waals surface area contributed by atoms with Crippen LogP contribution >= 0.6 is 0 Å². The lowest BCUT2D eigenvalue weighted by Crippen LogP contribution is -2.24. The third-order valence-electron chi connectivity index (χ3n) is 5.89. The molecular weight excluding hydrogens is 445 g/mol. The first kappa shape index (κ1) is 22.2. The second kappa shape index (κ2) is 8.98. The number of benzene rings is 3. The maximum atomic E-state index is 13.7. The summed E-state index contributed by atoms with van der Waals surface area (Å²) in [7, 11) is 0. The van der Waals surface area contributed by atoms with Crippen molar-refractivity contribution < 1.29 is 9.18 Å². The van der Waals surface area contributed by atoms with Gasteiger partial charge < -0.3 is 5.73 Å². The third kappa shape index (κ3) is 4.10. The fourth-order valence-corrected chi connectivity index (χ4v) is 4.08. The summed E-state index contributed by atoms with van der Waals surface area (Å²) in [6, 6.07) is 22.5. The zero-order chi connectivity index (χ0) is 24.5. The number of imidazole rings is 1. The summed E-state index contributed by atoms with van der Waals surface area (Å²) < 4.78 is 16.4. The Hall–Kier alpha value is -4.59. The SMILES string of the molecule is CCc1ccc(-c2nc(C(N)=O)c3c(n2)n(-c2ccc(F)cc2)c(=O)n3Cc2ccccc2)cc1. The number of nitrogens with zero attached hydrogens (tertiary/aromatic N) is 4. The highest BCUT2D eigenvalue weighted by Gasteiger charge is 2.24. The Balaban J connectivity index is 1.83. The molecule has 35 heavy (non-hydrogen) atoms. The van der Waals surface area contributed by atoms with Crippen LogP contribution in [0.1, 0.15) is 28.5 Å². The lowest BCUT2D eigenvalue weighted by molar-refractivity contribution is 0.0997. The molecule has 0 aliphatic heterocycles. The van der Waals surface area contributed by atoms with E-state index in [0.29, 0.717) is 11.3 Å². The van der Waals surface area contributed by atoms with E-state index in [1.807, 2.05) is 54.6 Å². The molecule has 0 fully saturated rings. The van der Waals surface area contributed by atoms with Crippen molar-refractivity contribution in [3.63, 3.8) is 0 Å². The number of carbonyl (C=O) groups is 1. The molecule has 0 bridgehead atoms. The average Bonchev–Trinajstić information content (AvgIpc) is 3.15. The molecule has 0 aliphatic carbocycles. The minimum Gasteiger partial charge on any atom is -0.364 e. The minimum atomic E-state index is -0.776. The van der Waals surface area contributed by atoms with Crippen LogP contribution in [0.25, 0.3) is 28.2 Å². The van der Waals surface area contributed by atoms with E-state index in [9.17, 15) is 14.0 Å². The fraction of sp³-hybridized carbons (Fsp3) is 0.111. The number of hydrogen-bond acceptors (Lipinski definition) is 4. The van der Waals surface area contributed by atoms with Gasteiger partial charge in [-0.3, -0.25) is 9.36 Å². The van der Waals surface area contributed by atoms with Crippen molar-refractivity contribution in [3.05, 3.63) is 112 Å². The van der Waals surface area contributed by atoms with Gasteiger partial charge in [0.2, 0.25) is 0 Å². The van der Waals surface area contributed by atoms with Gasteiger partial charge in [-0.05, 0) is 41.8 Å². The van der Waals surface area contributed by atoms with Gasteiger partial charge >= 0.3 is 5.69 Å². The molecule has 8 heteroatoms. The molecule has 1 amide bonds. The summed E-state index contributed by atoms with van der Waals surface area (Å²) in [5.74, 6) is -0.942. The molecule has 0 aliphatic rings. The second-order valence-electron chi connectivity index (χ2n) is 8.15. The van der Waals surface area contributed by atoms with Gasteiger partial charge in [-0.15, -0.1) is 0 Å². The van der Waals surface area contributed by atoms with Gasteiger partial charge in [0.1, 0.15) is 11.3 Å². The number of halogens is 1. The Morgan fingerprint density at radius 2 is 1.60 bits per heavy atom. The van der Waals surface area contributed by atoms with Crippen molar-refractivity contribution in [1.29, 1.82) is 0 Å². The number of amides is 1. The summed E-state index contributed by atoms with van der Waals surface area (Å²) in [5, 5.41) is 0. The first-order valence-corrected chi connectivity index (χ1v) is 11.2. The zero-order valence-electron chi connectivity index (χ0n) is 19.0. The van der Waals surface area contributed by atoms with Crippen molar-refractivity contribution in [2.75, 3.05) is 0 Å². The van der Waals surface area contributed by atoms with Crippen molar-refractivity contribution in [2.45, 2.75) is 19.9 Å². The summed E-state index contributed by atoms with van der Waals surface area (Å²) in [6.07, 6.45) is 0.874. The molecule has 0 unspecified atom stereocenters. The monoisotopic (exact) mass is 467 g/mol. The van der Waals surface area contributed by atoms with Crippen LogP contribution in [0.3, 0.4) is 0 Å². The van der Waals surface area contributed by atoms with Crippen molar-refractivity contribution in [2.24, 2.45) is 5.73 Å². The maximum absolute atomic E-state index is 13.7. The fourth-order valence-electron chi connectivity index (χ4n) is 4.08. The molecule has 5 rings (SSSR count). The predicted molar refractivity (Wildman–Crippen MR) is 132 cm³/mol. The predicted octanol–water partition coefficient (Wildman–Crippen LogP) is 4.10. The third-order valence-corrected chi connectivity index (χ3v) is 5.89. The number of hydrogen-bond donors (Lipinski definition) is 1. The van der Waals surface area contributed by atoms with E-state index >= 15 is 0 Å². The number of carbonyl (C=O) groups excluding carboxylic acids is 1. The van der Waals surface area contributed by atoms with E-state index in [0.717, 1.165) is 17.5 Å². The molecule has 3 aromatic carbocycles. The molecule has 2 aromatic heterocycles. The van der Waals surface area contributed by atoms with Crippen LogP contribution in [-0.2, 0) is 13.0 Å². The van der Waals surface area contributed by atoms with Crippen LogP contribution in [0.15, 0.2) is 83.7 Å². The van der Waals surface area contributed by atoms with Crippen molar-refractivity contribution in [3.8, 4) is 17.1 Å². The van der Waals surface area contributed by atoms with E-state index < -0.39 is 17.4 Å². The van der Waals surface area contributed by atoms with E-state index in [1.54, 1.807) is 0 Å². The highest BCUT2D eigenvalue weighted by Crippen LogP contribution is 2.25. The molecule has 0 saturated heterocycles. The summed E-state index contributed by atoms with van der Waals surface area (Å²) in [6.45, 7) is 2.23. The standard InChI is InChI=1S/C27H22FN5O2/c1-2-17-8-10-19(11-9-17)25-30-22(24(29)34)23-26(31-25)33(21-14-12-20(28)13-15-21)27(35)32(23)16-18-6-4-3-5-7-18/h3-15H,2,16H2,1H3,(H2,29,34). The van der Waals surface area contributed by atoms with Crippen LogP contribution in [0.5, 0.6) is 0 Å². The van der Waals surface area contributed by atoms with Gasteiger partial charge in [0.15, 0.2) is 17.2 Å². The van der Waals surface area contributed by atoms with Gasteiger partial charge in [0.05, 0.1) is 12.2 Å². The summed E-state index contributed by atoms with van der Waals surface area (Å²) >= 11 is 0. The maximum Gasteiger partial charge on any atom is 0.335 e. The van der Waals surface area contributed by atoms with E-state index in [-0.39, 0.29) is 29.2 Å². The van der Waals surface area contributed by atoms with E-state index in [1.165, 1.54) is 33.4 Å². The smallest absolute Gasteiger partial charge is 0.335 e. The van der Waals surface area contributed by atoms with Crippen LogP contribution in [0.4, 0.5) is 4.39 Å². The molecular formula is C27H22FN5O2. The van der Waals surface area contributed by atoms with Crippen LogP contribution in [0.2, 0.25) is 0 Å². The molecule has 2 N–H and O–H groups in total. The Morgan fingerprint density at radius 1 is 0.914 bits per heavy atom. The number of fused-ring (bicyclic) bond motifs is 1. The normalized spacial score (nSPS) is 11.1. The van der Waals surface area contributed by atoms with Gasteiger partial charge in [-0.2, -0.15) is 0 Å². The first-order chi connectivity index (χ1) is 17.0. The Kier molecular flexibility index (Phi) is 5.70. The molecule has 5 aromatic rings. The Bertz CT molecular complexity index is 1590. The number of aryl methyl sites for hydroxylation is 1. The van der Waals surface area contributed by atoms with Gasteiger partial charge in [0, 0.05) is 5.56 Å². The lowest BCUT2D eigenvalue weighted by atomic mass is 10.1. The first-order valence-electron chi connectivity index (χ1n) is 11.2. The number of rotatable bonds is 6. The average molecular weight is 468 g/mol. The molecule has 7 nitrogen and oxygen atoms in total. The van der Waals surface area contributed by atoms with Gasteiger partial charge in [-0.1, -0.05) is 61.5 Å². The van der Waals surface area contributed by atoms with Crippen molar-refractivity contribution in [1.82, 2.24) is 19.1 Å². The highest BCUT2D eigenvalue weighted by molar-refractivity contribution is 6.02. The second-order valence-corrected chi connectivity index (χ2v) is 8.15. The Morgan fingerprint density at radius 3 is 2.23 bits per heavy atom. The molecule has 0 atom stereocenters. The molecule has 2 heterocycles. The molecule has 0 spiro atoms. The van der Waals surface area contributed by atoms with Crippen molar-refractivity contribution >= 4 is 17.1 Å². The Labute approximate surface area is 200 Å². The minimum absolute atomic E-state index is 0.0570. The van der Waals surface area contributed by atoms with E-state index in [4.69, 9.17) is 10.7 Å². The quantitative estimate of drug-likeness (QED) is 0.407. The van der Waals surface area contributed by atoms with Crippen LogP contribution in [-0.4, -0.2) is 25.0 Å². The largest absolute Gasteiger partial charge is 0.364 e. The van der Waals surface area contributed by atoms with Crippen LogP contribution < -0.4 is 11.4 Å². The number of aromatic nitrogens is 4. The zero-order valence-corrected chi connectivity index (χ0v) is 19.0. The van der Waals surface area contributed by atoms with Crippen LogP contribution in [0, 0.1) is 5.82 Å². The number of primary amides is 1. The topological polar surface area (TPSA) is 95.8 Å². The lowest BCUT2D eigenvalue weighted by Gasteiger charge is -2.08.